The number of hydrogen-bond donors (Lipinski definition) is 2. The van der Waals surface area contributed by atoms with Crippen molar-refractivity contribution in [2.24, 2.45) is 0 Å². The van der Waals surface area contributed by atoms with Crippen molar-refractivity contribution in [1.29, 1.82) is 0 Å². The molecule has 1 aliphatic carbocycles. The van der Waals surface area contributed by atoms with Crippen molar-refractivity contribution in [3.63, 3.8) is 0 Å². The van der Waals surface area contributed by atoms with Crippen LogP contribution in [0, 0.1) is 6.92 Å². The van der Waals surface area contributed by atoms with Gasteiger partial charge in [-0.1, -0.05) is 6.42 Å². The van der Waals surface area contributed by atoms with Crippen LogP contribution >= 0.6 is 0 Å². The number of hydrogen-bond acceptors (Lipinski definition) is 2. The number of rotatable bonds is 10. The van der Waals surface area contributed by atoms with Crippen molar-refractivity contribution >= 4 is 31.4 Å². The standard InChI is InChI=1S/C31H35N2OSe/c1-22-28-21-26(34)15-17-29(28)33(19-8-3-2-7-18-32-25-12-9-13-25)31(22)27-16-14-24(20-30(27)35)23-10-5-4-6-11-23/h4-6,10-11,14-17,20-21,25,32,34H,2-3,7-9,12-13,18-19H2,1H3. The van der Waals surface area contributed by atoms with Crippen LogP contribution in [-0.4, -0.2) is 38.3 Å². The monoisotopic (exact) mass is 531 g/mol. The first-order valence-corrected chi connectivity index (χ1v) is 13.9. The third-order valence-corrected chi connectivity index (χ3v) is 8.20. The Morgan fingerprint density at radius 2 is 1.71 bits per heavy atom. The van der Waals surface area contributed by atoms with Crippen molar-refractivity contribution in [1.82, 2.24) is 9.88 Å². The first kappa shape index (κ1) is 24.2. The number of nitrogens with one attached hydrogen (secondary N) is 1. The van der Waals surface area contributed by atoms with E-state index in [1.807, 2.05) is 12.1 Å². The van der Waals surface area contributed by atoms with Crippen molar-refractivity contribution in [2.75, 3.05) is 6.54 Å². The van der Waals surface area contributed by atoms with Gasteiger partial charge in [0.2, 0.25) is 0 Å². The summed E-state index contributed by atoms with van der Waals surface area (Å²) in [4.78, 5) is 0. The second-order valence-corrected chi connectivity index (χ2v) is 10.8. The molecule has 0 spiro atoms. The van der Waals surface area contributed by atoms with Gasteiger partial charge in [-0.05, 0) is 12.8 Å². The van der Waals surface area contributed by atoms with Crippen molar-refractivity contribution in [3.8, 4) is 28.1 Å². The molecule has 1 fully saturated rings. The van der Waals surface area contributed by atoms with Gasteiger partial charge in [-0.25, -0.2) is 0 Å². The van der Waals surface area contributed by atoms with E-state index in [0.717, 1.165) is 35.4 Å². The summed E-state index contributed by atoms with van der Waals surface area (Å²) >= 11 is 3.33. The molecule has 181 valence electrons. The predicted octanol–water partition coefficient (Wildman–Crippen LogP) is 6.49. The molecule has 4 heteroatoms. The molecule has 1 aromatic heterocycles. The molecule has 35 heavy (non-hydrogen) atoms. The van der Waals surface area contributed by atoms with E-state index in [9.17, 15) is 5.11 Å². The quantitative estimate of drug-likeness (QED) is 0.182. The molecule has 0 unspecified atom stereocenters. The molecule has 1 saturated carbocycles. The number of benzene rings is 3. The zero-order chi connectivity index (χ0) is 24.2. The Kier molecular flexibility index (Phi) is 7.63. The summed E-state index contributed by atoms with van der Waals surface area (Å²) < 4.78 is 3.62. The van der Waals surface area contributed by atoms with Crippen LogP contribution in [0.25, 0.3) is 33.3 Å². The van der Waals surface area contributed by atoms with Crippen molar-refractivity contribution < 1.29 is 5.11 Å². The maximum atomic E-state index is 10.2. The fourth-order valence-corrected chi connectivity index (χ4v) is 5.90. The zero-order valence-corrected chi connectivity index (χ0v) is 22.3. The molecule has 4 aromatic rings. The van der Waals surface area contributed by atoms with Crippen LogP contribution in [0.1, 0.15) is 50.5 Å². The molecule has 2 N–H and O–H groups in total. The molecule has 5 rings (SSSR count). The molecule has 3 nitrogen and oxygen atoms in total. The number of aryl methyl sites for hydroxylation is 2. The molecule has 0 saturated heterocycles. The Morgan fingerprint density at radius 3 is 2.46 bits per heavy atom. The van der Waals surface area contributed by atoms with E-state index in [4.69, 9.17) is 0 Å². The molecule has 0 atom stereocenters. The zero-order valence-electron chi connectivity index (χ0n) is 20.6. The van der Waals surface area contributed by atoms with E-state index in [2.05, 4.69) is 87.4 Å². The number of nitrogens with zero attached hydrogens (tertiary/aromatic N) is 1. The Hall–Kier alpha value is -2.52. The third-order valence-electron chi connectivity index (χ3n) is 7.49. The van der Waals surface area contributed by atoms with Gasteiger partial charge in [0.15, 0.2) is 0 Å². The van der Waals surface area contributed by atoms with Gasteiger partial charge in [-0.15, -0.1) is 0 Å². The number of phenols is 1. The molecule has 0 aliphatic heterocycles. The summed E-state index contributed by atoms with van der Waals surface area (Å²) in [6, 6.07) is 23.8. The normalized spacial score (nSPS) is 13.9. The number of fused-ring (bicyclic) bond motifs is 1. The first-order chi connectivity index (χ1) is 17.1. The second-order valence-electron chi connectivity index (χ2n) is 9.90. The van der Waals surface area contributed by atoms with Gasteiger partial charge >= 0.3 is 199 Å². The maximum absolute atomic E-state index is 10.2. The Morgan fingerprint density at radius 1 is 0.914 bits per heavy atom. The average molecular weight is 531 g/mol. The van der Waals surface area contributed by atoms with Gasteiger partial charge in [0, 0.05) is 0 Å². The van der Waals surface area contributed by atoms with Crippen LogP contribution < -0.4 is 9.78 Å². The van der Waals surface area contributed by atoms with Crippen LogP contribution in [0.3, 0.4) is 0 Å². The van der Waals surface area contributed by atoms with E-state index in [1.165, 1.54) is 72.0 Å². The van der Waals surface area contributed by atoms with Crippen LogP contribution in [-0.2, 0) is 6.54 Å². The molecule has 3 aromatic carbocycles. The Bertz CT molecular complexity index is 1290. The van der Waals surface area contributed by atoms with Crippen LogP contribution in [0.15, 0.2) is 66.7 Å². The first-order valence-electron chi connectivity index (χ1n) is 13.0. The van der Waals surface area contributed by atoms with Gasteiger partial charge in [-0.2, -0.15) is 0 Å². The summed E-state index contributed by atoms with van der Waals surface area (Å²) in [5, 5.41) is 15.0. The second kappa shape index (κ2) is 11.0. The molecule has 0 bridgehead atoms. The predicted molar refractivity (Wildman–Crippen MR) is 149 cm³/mol. The van der Waals surface area contributed by atoms with Gasteiger partial charge < -0.3 is 0 Å². The molecule has 1 aliphatic rings. The third kappa shape index (κ3) is 5.35. The van der Waals surface area contributed by atoms with E-state index in [-0.39, 0.29) is 0 Å². The fourth-order valence-electron chi connectivity index (χ4n) is 5.29. The molecular formula is C31H35N2OSe. The topological polar surface area (TPSA) is 37.2 Å². The van der Waals surface area contributed by atoms with Crippen LogP contribution in [0.2, 0.25) is 0 Å². The molecule has 1 radical (unpaired) electrons. The van der Waals surface area contributed by atoms with E-state index >= 15 is 0 Å². The van der Waals surface area contributed by atoms with E-state index < -0.39 is 0 Å². The molecular weight excluding hydrogens is 495 g/mol. The SMILES string of the molecule is Cc1c(-c2ccc(-c3ccccc3)cc2[Se])n(CCCCCCNC2CCC2)c2ccc(O)cc12. The van der Waals surface area contributed by atoms with Gasteiger partial charge in [0.05, 0.1) is 0 Å². The summed E-state index contributed by atoms with van der Waals surface area (Å²) in [6.07, 6.45) is 9.05. The van der Waals surface area contributed by atoms with Crippen LogP contribution in [0.4, 0.5) is 0 Å². The minimum absolute atomic E-state index is 0.325. The summed E-state index contributed by atoms with van der Waals surface area (Å²) in [6.45, 7) is 4.33. The summed E-state index contributed by atoms with van der Waals surface area (Å²) in [5.41, 5.74) is 7.35. The molecule has 0 amide bonds. The average Bonchev–Trinajstić information content (AvgIpc) is 3.10. The summed E-state index contributed by atoms with van der Waals surface area (Å²) in [7, 11) is 0. The molecule has 1 heterocycles. The van der Waals surface area contributed by atoms with Gasteiger partial charge in [0.25, 0.3) is 0 Å². The Balaban J connectivity index is 1.37. The number of phenolic OH excluding ortho intramolecular Hbond substituents is 1. The van der Waals surface area contributed by atoms with Gasteiger partial charge in [0.1, 0.15) is 0 Å². The fraction of sp³-hybridized carbons (Fsp3) is 0.355. The number of aromatic hydroxyl groups is 1. The van der Waals surface area contributed by atoms with E-state index in [0.29, 0.717) is 5.75 Å². The Labute approximate surface area is 217 Å². The van der Waals surface area contributed by atoms with Gasteiger partial charge in [-0.3, -0.25) is 0 Å². The van der Waals surface area contributed by atoms with E-state index in [1.54, 1.807) is 0 Å². The minimum atomic E-state index is 0.325. The number of aromatic nitrogens is 1. The van der Waals surface area contributed by atoms with Crippen LogP contribution in [0.5, 0.6) is 5.75 Å². The summed E-state index contributed by atoms with van der Waals surface area (Å²) in [5.74, 6) is 0.325. The van der Waals surface area contributed by atoms with Crippen molar-refractivity contribution in [3.05, 3.63) is 72.3 Å². The number of unbranched alkanes of at least 4 members (excludes halogenated alkanes) is 3. The van der Waals surface area contributed by atoms with Crippen molar-refractivity contribution in [2.45, 2.75) is 64.5 Å².